The molecule has 2 amide bonds. The summed E-state index contributed by atoms with van der Waals surface area (Å²) < 4.78 is 0. The quantitative estimate of drug-likeness (QED) is 0.772. The standard InChI is InChI=1S/C24H31N3O2/c1-19-7-6-8-21(17-19)18-25-24(29)13-16-27(20(2)28)23-11-9-22(10-12-23)26-14-4-3-5-15-26/h6-12,17H,3-5,13-16,18H2,1-2H3,(H,25,29). The molecule has 1 heterocycles. The van der Waals surface area contributed by atoms with E-state index in [9.17, 15) is 9.59 Å². The van der Waals surface area contributed by atoms with E-state index < -0.39 is 0 Å². The van der Waals surface area contributed by atoms with Crippen LogP contribution in [0.1, 0.15) is 43.7 Å². The van der Waals surface area contributed by atoms with Crippen LogP contribution >= 0.6 is 0 Å². The highest BCUT2D eigenvalue weighted by Crippen LogP contribution is 2.24. The zero-order chi connectivity index (χ0) is 20.6. The van der Waals surface area contributed by atoms with Gasteiger partial charge < -0.3 is 15.1 Å². The van der Waals surface area contributed by atoms with Gasteiger partial charge in [0, 0.05) is 50.9 Å². The Labute approximate surface area is 173 Å². The van der Waals surface area contributed by atoms with Gasteiger partial charge in [0.05, 0.1) is 0 Å². The fourth-order valence-corrected chi connectivity index (χ4v) is 3.79. The predicted molar refractivity (Wildman–Crippen MR) is 118 cm³/mol. The van der Waals surface area contributed by atoms with E-state index in [1.807, 2.05) is 37.3 Å². The predicted octanol–water partition coefficient (Wildman–Crippen LogP) is 4.04. The molecule has 0 aliphatic carbocycles. The molecule has 0 bridgehead atoms. The van der Waals surface area contributed by atoms with Crippen LogP contribution in [-0.4, -0.2) is 31.4 Å². The zero-order valence-electron chi connectivity index (χ0n) is 17.5. The van der Waals surface area contributed by atoms with Crippen molar-refractivity contribution in [3.8, 4) is 0 Å². The Hall–Kier alpha value is -2.82. The van der Waals surface area contributed by atoms with Crippen LogP contribution in [0.25, 0.3) is 0 Å². The Bertz CT molecular complexity index is 826. The molecule has 2 aromatic rings. The highest BCUT2D eigenvalue weighted by atomic mass is 16.2. The van der Waals surface area contributed by atoms with Crippen molar-refractivity contribution in [2.75, 3.05) is 29.4 Å². The van der Waals surface area contributed by atoms with Crippen molar-refractivity contribution >= 4 is 23.2 Å². The van der Waals surface area contributed by atoms with Gasteiger partial charge in [-0.25, -0.2) is 0 Å². The molecule has 1 N–H and O–H groups in total. The Morgan fingerprint density at radius 3 is 2.41 bits per heavy atom. The number of carbonyl (C=O) groups is 2. The molecule has 0 unspecified atom stereocenters. The van der Waals surface area contributed by atoms with Gasteiger partial charge in [-0.3, -0.25) is 9.59 Å². The maximum Gasteiger partial charge on any atom is 0.223 e. The molecule has 3 rings (SSSR count). The Kier molecular flexibility index (Phi) is 7.28. The summed E-state index contributed by atoms with van der Waals surface area (Å²) in [6, 6.07) is 16.2. The molecule has 5 heteroatoms. The summed E-state index contributed by atoms with van der Waals surface area (Å²) in [4.78, 5) is 28.5. The number of amides is 2. The van der Waals surface area contributed by atoms with Gasteiger partial charge in [0.1, 0.15) is 0 Å². The van der Waals surface area contributed by atoms with Gasteiger partial charge in [-0.2, -0.15) is 0 Å². The summed E-state index contributed by atoms with van der Waals surface area (Å²) in [5, 5.41) is 2.94. The molecule has 1 aliphatic heterocycles. The Morgan fingerprint density at radius 2 is 1.76 bits per heavy atom. The lowest BCUT2D eigenvalue weighted by molar-refractivity contribution is -0.121. The van der Waals surface area contributed by atoms with E-state index in [2.05, 4.69) is 28.4 Å². The Balaban J connectivity index is 1.54. The third-order valence-electron chi connectivity index (χ3n) is 5.40. The first kappa shape index (κ1) is 20.9. The van der Waals surface area contributed by atoms with Crippen LogP contribution in [0.3, 0.4) is 0 Å². The minimum Gasteiger partial charge on any atom is -0.372 e. The fraction of sp³-hybridized carbons (Fsp3) is 0.417. The van der Waals surface area contributed by atoms with E-state index >= 15 is 0 Å². The minimum absolute atomic E-state index is 0.0531. The first-order valence-electron chi connectivity index (χ1n) is 10.5. The topological polar surface area (TPSA) is 52.7 Å². The van der Waals surface area contributed by atoms with Gasteiger partial charge >= 0.3 is 0 Å². The van der Waals surface area contributed by atoms with Crippen molar-refractivity contribution in [1.29, 1.82) is 0 Å². The molecule has 5 nitrogen and oxygen atoms in total. The molecule has 29 heavy (non-hydrogen) atoms. The lowest BCUT2D eigenvalue weighted by Crippen LogP contribution is -2.34. The SMILES string of the molecule is CC(=O)N(CCC(=O)NCc1cccc(C)c1)c1ccc(N2CCCCC2)cc1. The van der Waals surface area contributed by atoms with Gasteiger partial charge in [-0.15, -0.1) is 0 Å². The van der Waals surface area contributed by atoms with Crippen molar-refractivity contribution in [2.45, 2.75) is 46.1 Å². The van der Waals surface area contributed by atoms with E-state index in [0.717, 1.165) is 24.3 Å². The van der Waals surface area contributed by atoms with E-state index in [-0.39, 0.29) is 18.2 Å². The number of benzene rings is 2. The van der Waals surface area contributed by atoms with Crippen LogP contribution in [0.5, 0.6) is 0 Å². The molecular weight excluding hydrogens is 362 g/mol. The van der Waals surface area contributed by atoms with Crippen molar-refractivity contribution in [3.63, 3.8) is 0 Å². The lowest BCUT2D eigenvalue weighted by Gasteiger charge is -2.29. The first-order chi connectivity index (χ1) is 14.0. The Morgan fingerprint density at radius 1 is 1.03 bits per heavy atom. The van der Waals surface area contributed by atoms with Crippen LogP contribution in [0.4, 0.5) is 11.4 Å². The van der Waals surface area contributed by atoms with Gasteiger partial charge in [0.2, 0.25) is 11.8 Å². The second-order valence-corrected chi connectivity index (χ2v) is 7.75. The van der Waals surface area contributed by atoms with Crippen LogP contribution < -0.4 is 15.1 Å². The van der Waals surface area contributed by atoms with Crippen molar-refractivity contribution < 1.29 is 9.59 Å². The molecule has 0 atom stereocenters. The van der Waals surface area contributed by atoms with Crippen LogP contribution in [0.15, 0.2) is 48.5 Å². The summed E-state index contributed by atoms with van der Waals surface area (Å²) in [5.41, 5.74) is 4.29. The number of hydrogen-bond acceptors (Lipinski definition) is 3. The third-order valence-corrected chi connectivity index (χ3v) is 5.40. The average Bonchev–Trinajstić information content (AvgIpc) is 2.73. The highest BCUT2D eigenvalue weighted by Gasteiger charge is 2.15. The fourth-order valence-electron chi connectivity index (χ4n) is 3.79. The first-order valence-corrected chi connectivity index (χ1v) is 10.5. The van der Waals surface area contributed by atoms with Crippen LogP contribution in [0.2, 0.25) is 0 Å². The normalized spacial score (nSPS) is 13.8. The lowest BCUT2D eigenvalue weighted by atomic mass is 10.1. The second kappa shape index (κ2) is 10.1. The van der Waals surface area contributed by atoms with E-state index in [1.165, 1.54) is 30.5 Å². The number of rotatable bonds is 7. The molecule has 2 aromatic carbocycles. The molecule has 1 saturated heterocycles. The summed E-state index contributed by atoms with van der Waals surface area (Å²) in [7, 11) is 0. The van der Waals surface area contributed by atoms with Gasteiger partial charge in [0.15, 0.2) is 0 Å². The van der Waals surface area contributed by atoms with E-state index in [1.54, 1.807) is 11.8 Å². The van der Waals surface area contributed by atoms with Crippen LogP contribution in [-0.2, 0) is 16.1 Å². The van der Waals surface area contributed by atoms with Gasteiger partial charge in [0.25, 0.3) is 0 Å². The third kappa shape index (κ3) is 6.08. The van der Waals surface area contributed by atoms with Gasteiger partial charge in [-0.05, 0) is 56.0 Å². The maximum absolute atomic E-state index is 12.3. The molecular formula is C24H31N3O2. The molecule has 0 spiro atoms. The summed E-state index contributed by atoms with van der Waals surface area (Å²) >= 11 is 0. The number of piperidine rings is 1. The molecule has 1 fully saturated rings. The summed E-state index contributed by atoms with van der Waals surface area (Å²) in [5.74, 6) is -0.107. The smallest absolute Gasteiger partial charge is 0.223 e. The average molecular weight is 394 g/mol. The minimum atomic E-state index is -0.0535. The zero-order valence-corrected chi connectivity index (χ0v) is 17.5. The summed E-state index contributed by atoms with van der Waals surface area (Å²) in [6.07, 6.45) is 4.05. The van der Waals surface area contributed by atoms with E-state index in [4.69, 9.17) is 0 Å². The molecule has 0 radical (unpaired) electrons. The second-order valence-electron chi connectivity index (χ2n) is 7.75. The number of carbonyl (C=O) groups excluding carboxylic acids is 2. The highest BCUT2D eigenvalue weighted by molar-refractivity contribution is 5.92. The molecule has 1 aliphatic rings. The summed E-state index contributed by atoms with van der Waals surface area (Å²) in [6.45, 7) is 6.65. The number of nitrogens with zero attached hydrogens (tertiary/aromatic N) is 2. The number of hydrogen-bond donors (Lipinski definition) is 1. The number of nitrogens with one attached hydrogen (secondary N) is 1. The maximum atomic E-state index is 12.3. The van der Waals surface area contributed by atoms with Gasteiger partial charge in [-0.1, -0.05) is 29.8 Å². The number of aryl methyl sites for hydroxylation is 1. The monoisotopic (exact) mass is 393 g/mol. The van der Waals surface area contributed by atoms with Crippen LogP contribution in [0, 0.1) is 6.92 Å². The molecule has 154 valence electrons. The number of anilines is 2. The molecule has 0 aromatic heterocycles. The van der Waals surface area contributed by atoms with E-state index in [0.29, 0.717) is 13.1 Å². The largest absolute Gasteiger partial charge is 0.372 e. The van der Waals surface area contributed by atoms with Crippen molar-refractivity contribution in [1.82, 2.24) is 5.32 Å². The van der Waals surface area contributed by atoms with Crippen molar-refractivity contribution in [2.24, 2.45) is 0 Å². The van der Waals surface area contributed by atoms with Crippen molar-refractivity contribution in [3.05, 3.63) is 59.7 Å². The molecule has 0 saturated carbocycles.